The van der Waals surface area contributed by atoms with Crippen molar-refractivity contribution in [2.24, 2.45) is 0 Å². The molecule has 1 aromatic carbocycles. The average Bonchev–Trinajstić information content (AvgIpc) is 3.02. The molecule has 0 spiro atoms. The highest BCUT2D eigenvalue weighted by Crippen LogP contribution is 2.38. The Hall–Kier alpha value is -1.48. The summed E-state index contributed by atoms with van der Waals surface area (Å²) in [6.45, 7) is 4.85. The van der Waals surface area contributed by atoms with Crippen LogP contribution >= 0.6 is 15.9 Å². The van der Waals surface area contributed by atoms with E-state index in [1.54, 1.807) is 12.0 Å². The number of amides is 1. The summed E-state index contributed by atoms with van der Waals surface area (Å²) in [6.07, 6.45) is 0. The Balaban J connectivity index is 1.80. The van der Waals surface area contributed by atoms with Crippen LogP contribution in [0.1, 0.15) is 18.4 Å². The number of ether oxygens (including phenoxy) is 2. The van der Waals surface area contributed by atoms with Gasteiger partial charge in [-0.2, -0.15) is 0 Å². The third-order valence-corrected chi connectivity index (χ3v) is 5.73. The van der Waals surface area contributed by atoms with Gasteiger partial charge in [0.1, 0.15) is 5.92 Å². The lowest BCUT2D eigenvalue weighted by Gasteiger charge is -2.39. The molecule has 1 aromatic rings. The van der Waals surface area contributed by atoms with Crippen LogP contribution in [0.3, 0.4) is 0 Å². The summed E-state index contributed by atoms with van der Waals surface area (Å²) in [5, 5.41) is 3.43. The van der Waals surface area contributed by atoms with Crippen molar-refractivity contribution in [1.29, 1.82) is 0 Å². The monoisotopic (exact) mass is 439 g/mol. The Morgan fingerprint density at radius 2 is 2.07 bits per heavy atom. The quantitative estimate of drug-likeness (QED) is 0.698. The lowest BCUT2D eigenvalue weighted by Crippen LogP contribution is -2.59. The van der Waals surface area contributed by atoms with Gasteiger partial charge in [0.25, 0.3) is 0 Å². The Bertz CT molecular complexity index is 714. The van der Waals surface area contributed by atoms with Crippen LogP contribution in [0.15, 0.2) is 22.7 Å². The second kappa shape index (κ2) is 8.68. The van der Waals surface area contributed by atoms with Crippen molar-refractivity contribution >= 4 is 33.5 Å². The third kappa shape index (κ3) is 4.34. The number of hydrogen-bond donors (Lipinski definition) is 1. The number of carbonyl (C=O) groups excluding carboxylic acids is 2. The first kappa shape index (κ1) is 20.3. The third-order valence-electron chi connectivity index (χ3n) is 5.23. The van der Waals surface area contributed by atoms with Crippen molar-refractivity contribution < 1.29 is 19.1 Å². The largest absolute Gasteiger partial charge is 0.468 e. The van der Waals surface area contributed by atoms with Gasteiger partial charge < -0.3 is 19.7 Å². The first-order valence-corrected chi connectivity index (χ1v) is 9.88. The number of piperazine rings is 1. The molecule has 8 heteroatoms. The Morgan fingerprint density at radius 1 is 1.30 bits per heavy atom. The zero-order chi connectivity index (χ0) is 19.6. The Morgan fingerprint density at radius 3 is 2.78 bits per heavy atom. The number of carbonyl (C=O) groups is 2. The first-order chi connectivity index (χ1) is 12.9. The van der Waals surface area contributed by atoms with Crippen molar-refractivity contribution in [3.05, 3.63) is 28.2 Å². The fraction of sp³-hybridized carbons (Fsp3) is 0.579. The molecular weight excluding hydrogens is 414 g/mol. The van der Waals surface area contributed by atoms with Gasteiger partial charge in [-0.25, -0.2) is 0 Å². The minimum atomic E-state index is -0.446. The molecule has 1 amide bonds. The van der Waals surface area contributed by atoms with Gasteiger partial charge in [-0.15, -0.1) is 0 Å². The van der Waals surface area contributed by atoms with E-state index < -0.39 is 5.92 Å². The molecule has 7 nitrogen and oxygen atoms in total. The van der Waals surface area contributed by atoms with Crippen molar-refractivity contribution in [2.75, 3.05) is 51.9 Å². The molecule has 0 bridgehead atoms. The molecule has 1 unspecified atom stereocenters. The summed E-state index contributed by atoms with van der Waals surface area (Å²) in [4.78, 5) is 29.2. The minimum absolute atomic E-state index is 0.0176. The number of hydrogen-bond acceptors (Lipinski definition) is 6. The summed E-state index contributed by atoms with van der Waals surface area (Å²) in [5.74, 6) is -0.781. The molecule has 0 aliphatic carbocycles. The summed E-state index contributed by atoms with van der Waals surface area (Å²) in [7, 11) is 3.05. The molecule has 148 valence electrons. The Labute approximate surface area is 168 Å². The minimum Gasteiger partial charge on any atom is -0.468 e. The number of nitrogens with zero attached hydrogens (tertiary/aromatic N) is 2. The fourth-order valence-corrected chi connectivity index (χ4v) is 4.19. The van der Waals surface area contributed by atoms with E-state index in [0.29, 0.717) is 25.7 Å². The number of benzene rings is 1. The molecule has 3 rings (SSSR count). The van der Waals surface area contributed by atoms with E-state index in [2.05, 4.69) is 33.1 Å². The Kier molecular flexibility index (Phi) is 6.52. The van der Waals surface area contributed by atoms with Crippen molar-refractivity contribution in [1.82, 2.24) is 10.2 Å². The molecule has 1 saturated heterocycles. The van der Waals surface area contributed by atoms with E-state index in [1.807, 2.05) is 18.2 Å². The van der Waals surface area contributed by atoms with Crippen LogP contribution in [0.25, 0.3) is 0 Å². The van der Waals surface area contributed by atoms with Gasteiger partial charge >= 0.3 is 5.97 Å². The zero-order valence-electron chi connectivity index (χ0n) is 15.9. The average molecular weight is 440 g/mol. The summed E-state index contributed by atoms with van der Waals surface area (Å²) < 4.78 is 11.1. The lowest BCUT2D eigenvalue weighted by molar-refractivity contribution is -0.142. The number of halogens is 1. The predicted molar refractivity (Wildman–Crippen MR) is 106 cm³/mol. The molecule has 0 aromatic heterocycles. The predicted octanol–water partition coefficient (Wildman–Crippen LogP) is 1.36. The SMILES string of the molecule is COC[C@H]1CN[C@H](C)CN1CC(=O)N1CC(C(=O)OC)c2ccc(Br)cc21. The highest BCUT2D eigenvalue weighted by atomic mass is 79.9. The molecule has 2 aliphatic heterocycles. The molecule has 2 heterocycles. The molecule has 1 N–H and O–H groups in total. The fourth-order valence-electron chi connectivity index (χ4n) is 3.85. The maximum absolute atomic E-state index is 13.2. The number of rotatable bonds is 5. The van der Waals surface area contributed by atoms with Gasteiger partial charge in [0.05, 0.1) is 20.3 Å². The first-order valence-electron chi connectivity index (χ1n) is 9.08. The molecule has 0 radical (unpaired) electrons. The summed E-state index contributed by atoms with van der Waals surface area (Å²) in [6, 6.07) is 6.12. The molecule has 1 fully saturated rings. The second-order valence-corrected chi connectivity index (χ2v) is 8.05. The standard InChI is InChI=1S/C19H26BrN3O4/c1-12-8-22(14(7-21-12)11-26-2)10-18(24)23-9-16(19(25)27-3)15-5-4-13(20)6-17(15)23/h4-6,12,14,16,21H,7-11H2,1-3H3/t12-,14-,16?/m1/s1. The van der Waals surface area contributed by atoms with Gasteiger partial charge in [0.2, 0.25) is 5.91 Å². The van der Waals surface area contributed by atoms with Gasteiger partial charge in [-0.1, -0.05) is 22.0 Å². The summed E-state index contributed by atoms with van der Waals surface area (Å²) in [5.41, 5.74) is 1.61. The highest BCUT2D eigenvalue weighted by molar-refractivity contribution is 9.10. The van der Waals surface area contributed by atoms with Gasteiger partial charge in [-0.3, -0.25) is 14.5 Å². The van der Waals surface area contributed by atoms with E-state index in [-0.39, 0.29) is 17.9 Å². The van der Waals surface area contributed by atoms with E-state index >= 15 is 0 Å². The van der Waals surface area contributed by atoms with Crippen LogP contribution in [0.5, 0.6) is 0 Å². The van der Waals surface area contributed by atoms with Crippen LogP contribution in [0.2, 0.25) is 0 Å². The molecular formula is C19H26BrN3O4. The maximum Gasteiger partial charge on any atom is 0.315 e. The number of fused-ring (bicyclic) bond motifs is 1. The van der Waals surface area contributed by atoms with E-state index in [4.69, 9.17) is 9.47 Å². The van der Waals surface area contributed by atoms with E-state index in [0.717, 1.165) is 28.8 Å². The number of nitrogens with one attached hydrogen (secondary N) is 1. The molecule has 0 saturated carbocycles. The second-order valence-electron chi connectivity index (χ2n) is 7.13. The van der Waals surface area contributed by atoms with Crippen molar-refractivity contribution in [3.8, 4) is 0 Å². The number of methoxy groups -OCH3 is 2. The van der Waals surface area contributed by atoms with Gasteiger partial charge in [0.15, 0.2) is 0 Å². The smallest absolute Gasteiger partial charge is 0.315 e. The van der Waals surface area contributed by atoms with Gasteiger partial charge in [0, 0.05) is 49.0 Å². The maximum atomic E-state index is 13.2. The van der Waals surface area contributed by atoms with Crippen molar-refractivity contribution in [3.63, 3.8) is 0 Å². The van der Waals surface area contributed by atoms with Crippen LogP contribution in [-0.2, 0) is 19.1 Å². The van der Waals surface area contributed by atoms with Crippen LogP contribution < -0.4 is 10.2 Å². The van der Waals surface area contributed by atoms with E-state index in [9.17, 15) is 9.59 Å². The summed E-state index contributed by atoms with van der Waals surface area (Å²) >= 11 is 3.46. The van der Waals surface area contributed by atoms with E-state index in [1.165, 1.54) is 7.11 Å². The van der Waals surface area contributed by atoms with Crippen LogP contribution in [0, 0.1) is 0 Å². The van der Waals surface area contributed by atoms with Crippen LogP contribution in [0.4, 0.5) is 5.69 Å². The molecule has 3 atom stereocenters. The normalized spacial score (nSPS) is 25.3. The zero-order valence-corrected chi connectivity index (χ0v) is 17.5. The van der Waals surface area contributed by atoms with Gasteiger partial charge in [-0.05, 0) is 24.6 Å². The number of anilines is 1. The topological polar surface area (TPSA) is 71.1 Å². The number of esters is 1. The molecule has 2 aliphatic rings. The molecule has 27 heavy (non-hydrogen) atoms. The van der Waals surface area contributed by atoms with Crippen molar-refractivity contribution in [2.45, 2.75) is 24.9 Å². The lowest BCUT2D eigenvalue weighted by atomic mass is 10.0. The van der Waals surface area contributed by atoms with Crippen LogP contribution in [-0.4, -0.2) is 75.9 Å². The highest BCUT2D eigenvalue weighted by Gasteiger charge is 2.38.